The smallest absolute Gasteiger partial charge is 0.217 e. The number of allylic oxidation sites excluding steroid dienone is 1. The lowest BCUT2D eigenvalue weighted by molar-refractivity contribution is -0.697. The van der Waals surface area contributed by atoms with Gasteiger partial charge in [0, 0.05) is 55.6 Å². The van der Waals surface area contributed by atoms with Gasteiger partial charge in [-0.3, -0.25) is 9.55 Å². The Morgan fingerprint density at radius 3 is 2.67 bits per heavy atom. The van der Waals surface area contributed by atoms with Crippen molar-refractivity contribution in [2.45, 2.75) is 24.0 Å². The molecule has 0 aliphatic carbocycles. The van der Waals surface area contributed by atoms with E-state index in [9.17, 15) is 0 Å². The average molecular weight is 424 g/mol. The van der Waals surface area contributed by atoms with Crippen LogP contribution in [0, 0.1) is 0 Å². The predicted octanol–water partition coefficient (Wildman–Crippen LogP) is 2.35. The van der Waals surface area contributed by atoms with Gasteiger partial charge in [-0.2, -0.15) is 0 Å². The summed E-state index contributed by atoms with van der Waals surface area (Å²) in [5, 5.41) is 11.9. The quantitative estimate of drug-likeness (QED) is 0.443. The highest BCUT2D eigenvalue weighted by molar-refractivity contribution is 7.99. The van der Waals surface area contributed by atoms with E-state index in [0.717, 1.165) is 28.8 Å². The molecule has 0 bridgehead atoms. The zero-order chi connectivity index (χ0) is 20.9. The van der Waals surface area contributed by atoms with Crippen LogP contribution in [0.3, 0.4) is 0 Å². The summed E-state index contributed by atoms with van der Waals surface area (Å²) in [6.45, 7) is 5.47. The fraction of sp³-hybridized carbons (Fsp3) is 0.318. The predicted molar refractivity (Wildman–Crippen MR) is 119 cm³/mol. The van der Waals surface area contributed by atoms with Crippen LogP contribution < -0.4 is 10.2 Å². The zero-order valence-electron chi connectivity index (χ0n) is 17.3. The normalized spacial score (nSPS) is 18.5. The molecule has 30 heavy (non-hydrogen) atoms. The van der Waals surface area contributed by atoms with E-state index in [4.69, 9.17) is 4.74 Å². The van der Waals surface area contributed by atoms with Gasteiger partial charge in [0.25, 0.3) is 0 Å². The van der Waals surface area contributed by atoms with Gasteiger partial charge in [-0.15, -0.1) is 16.8 Å². The van der Waals surface area contributed by atoms with Crippen molar-refractivity contribution in [1.29, 1.82) is 0 Å². The van der Waals surface area contributed by atoms with Gasteiger partial charge in [0.05, 0.1) is 0 Å². The van der Waals surface area contributed by atoms with Crippen molar-refractivity contribution in [1.82, 2.24) is 19.7 Å². The monoisotopic (exact) mass is 423 g/mol. The number of hydrogen-bond acceptors (Lipinski definition) is 6. The molecule has 1 saturated heterocycles. The minimum absolute atomic E-state index is 0.0465. The third kappa shape index (κ3) is 4.56. The maximum absolute atomic E-state index is 6.28. The lowest BCUT2D eigenvalue weighted by Gasteiger charge is -2.14. The average Bonchev–Trinajstić information content (AvgIpc) is 3.40. The lowest BCUT2D eigenvalue weighted by Crippen LogP contribution is -2.82. The van der Waals surface area contributed by atoms with Gasteiger partial charge < -0.3 is 15.0 Å². The van der Waals surface area contributed by atoms with Crippen LogP contribution in [0.1, 0.15) is 11.8 Å². The maximum Gasteiger partial charge on any atom is 0.217 e. The van der Waals surface area contributed by atoms with Gasteiger partial charge >= 0.3 is 0 Å². The molecule has 4 rings (SSSR count). The first kappa shape index (κ1) is 20.6. The largest absolute Gasteiger partial charge is 0.378 e. The van der Waals surface area contributed by atoms with E-state index >= 15 is 0 Å². The molecule has 7 nitrogen and oxygen atoms in total. The Morgan fingerprint density at radius 1 is 1.20 bits per heavy atom. The summed E-state index contributed by atoms with van der Waals surface area (Å²) in [6, 6.07) is 12.4. The van der Waals surface area contributed by atoms with Crippen LogP contribution in [0.2, 0.25) is 0 Å². The number of thioether (sulfide) groups is 1. The summed E-state index contributed by atoms with van der Waals surface area (Å²) in [5.41, 5.74) is 3.39. The highest BCUT2D eigenvalue weighted by Crippen LogP contribution is 2.26. The minimum Gasteiger partial charge on any atom is -0.378 e. The molecule has 2 atom stereocenters. The summed E-state index contributed by atoms with van der Waals surface area (Å²) in [6.07, 6.45) is 5.60. The van der Waals surface area contributed by atoms with E-state index in [2.05, 4.69) is 60.8 Å². The van der Waals surface area contributed by atoms with Gasteiger partial charge in [-0.05, 0) is 36.4 Å². The van der Waals surface area contributed by atoms with Crippen molar-refractivity contribution in [3.8, 4) is 11.4 Å². The van der Waals surface area contributed by atoms with Crippen molar-refractivity contribution < 1.29 is 10.1 Å². The summed E-state index contributed by atoms with van der Waals surface area (Å²) in [7, 11) is 4.09. The molecular formula is C22H27N6OS+. The molecule has 0 unspecified atom stereocenters. The zero-order valence-corrected chi connectivity index (χ0v) is 18.1. The van der Waals surface area contributed by atoms with E-state index in [-0.39, 0.29) is 12.3 Å². The SMILES string of the molecule is C=CCn1c(SC[C@@H]2C[NH2+][C@@H](c3ccc(N(C)C)cc3)O2)nnc1-c1ccncc1. The van der Waals surface area contributed by atoms with Gasteiger partial charge in [0.1, 0.15) is 12.6 Å². The Bertz CT molecular complexity index is 973. The number of nitrogens with two attached hydrogens (primary N) is 1. The second kappa shape index (κ2) is 9.42. The molecule has 1 aliphatic heterocycles. The molecule has 2 N–H and O–H groups in total. The molecule has 1 aliphatic rings. The van der Waals surface area contributed by atoms with Gasteiger partial charge in [0.15, 0.2) is 11.0 Å². The van der Waals surface area contributed by atoms with Crippen LogP contribution in [0.5, 0.6) is 0 Å². The van der Waals surface area contributed by atoms with Crippen LogP contribution in [0.15, 0.2) is 66.6 Å². The molecular weight excluding hydrogens is 396 g/mol. The minimum atomic E-state index is 0.0465. The molecule has 8 heteroatoms. The number of nitrogens with zero attached hydrogens (tertiary/aromatic N) is 5. The second-order valence-electron chi connectivity index (χ2n) is 7.39. The lowest BCUT2D eigenvalue weighted by atomic mass is 10.2. The maximum atomic E-state index is 6.28. The van der Waals surface area contributed by atoms with E-state index in [1.165, 1.54) is 11.3 Å². The molecule has 156 valence electrons. The van der Waals surface area contributed by atoms with Gasteiger partial charge in [0.2, 0.25) is 6.23 Å². The first-order valence-electron chi connectivity index (χ1n) is 9.99. The molecule has 0 saturated carbocycles. The molecule has 0 spiro atoms. The molecule has 2 aromatic heterocycles. The number of benzene rings is 1. The van der Waals surface area contributed by atoms with Crippen molar-refractivity contribution in [3.05, 3.63) is 67.0 Å². The van der Waals surface area contributed by atoms with Crippen LogP contribution in [-0.2, 0) is 11.3 Å². The molecule has 1 aromatic carbocycles. The number of aromatic nitrogens is 4. The third-order valence-corrected chi connectivity index (χ3v) is 6.15. The highest BCUT2D eigenvalue weighted by atomic mass is 32.2. The molecule has 3 aromatic rings. The molecule has 0 amide bonds. The Kier molecular flexibility index (Phi) is 6.47. The fourth-order valence-corrected chi connectivity index (χ4v) is 4.41. The first-order valence-corrected chi connectivity index (χ1v) is 11.0. The van der Waals surface area contributed by atoms with E-state index in [1.54, 1.807) is 24.2 Å². The Balaban J connectivity index is 1.39. The van der Waals surface area contributed by atoms with Gasteiger partial charge in [-0.25, -0.2) is 0 Å². The van der Waals surface area contributed by atoms with Gasteiger partial charge in [-0.1, -0.05) is 17.8 Å². The highest BCUT2D eigenvalue weighted by Gasteiger charge is 2.30. The third-order valence-electron chi connectivity index (χ3n) is 5.06. The number of ether oxygens (including phenoxy) is 1. The van der Waals surface area contributed by atoms with Crippen molar-refractivity contribution >= 4 is 17.4 Å². The summed E-state index contributed by atoms with van der Waals surface area (Å²) < 4.78 is 8.37. The number of quaternary nitrogens is 1. The van der Waals surface area contributed by atoms with Crippen molar-refractivity contribution in [3.63, 3.8) is 0 Å². The van der Waals surface area contributed by atoms with Crippen LogP contribution in [0.25, 0.3) is 11.4 Å². The Hall–Kier alpha value is -2.68. The summed E-state index contributed by atoms with van der Waals surface area (Å²) in [4.78, 5) is 6.18. The van der Waals surface area contributed by atoms with E-state index in [0.29, 0.717) is 6.54 Å². The van der Waals surface area contributed by atoms with Crippen LogP contribution in [-0.4, -0.2) is 52.2 Å². The first-order chi connectivity index (χ1) is 14.7. The molecule has 3 heterocycles. The molecule has 1 fully saturated rings. The van der Waals surface area contributed by atoms with E-state index < -0.39 is 0 Å². The van der Waals surface area contributed by atoms with Crippen molar-refractivity contribution in [2.24, 2.45) is 0 Å². The summed E-state index contributed by atoms with van der Waals surface area (Å²) >= 11 is 1.68. The Labute approximate surface area is 181 Å². The number of anilines is 1. The van der Waals surface area contributed by atoms with Crippen LogP contribution >= 0.6 is 11.8 Å². The van der Waals surface area contributed by atoms with Crippen LogP contribution in [0.4, 0.5) is 5.69 Å². The molecule has 0 radical (unpaired) electrons. The standard InChI is InChI=1S/C22H26N6OS/c1-4-13-28-20(16-9-11-23-12-10-16)25-26-22(28)30-15-19-14-24-21(29-19)17-5-7-18(8-6-17)27(2)3/h4-12,19,21,24H,1,13-15H2,2-3H3/p+1/t19-,21+/m0/s1. The van der Waals surface area contributed by atoms with Crippen molar-refractivity contribution in [2.75, 3.05) is 31.3 Å². The number of hydrogen-bond donors (Lipinski definition) is 1. The number of rotatable bonds is 8. The van der Waals surface area contributed by atoms with E-state index in [1.807, 2.05) is 32.3 Å². The summed E-state index contributed by atoms with van der Waals surface area (Å²) in [5.74, 6) is 1.66. The Morgan fingerprint density at radius 2 is 1.97 bits per heavy atom. The second-order valence-corrected chi connectivity index (χ2v) is 8.38. The topological polar surface area (TPSA) is 72.7 Å². The number of pyridine rings is 1. The fourth-order valence-electron chi connectivity index (χ4n) is 3.45.